The van der Waals surface area contributed by atoms with Gasteiger partial charge in [0.2, 0.25) is 5.88 Å². The summed E-state index contributed by atoms with van der Waals surface area (Å²) in [5, 5.41) is 9.93. The van der Waals surface area contributed by atoms with Crippen LogP contribution in [-0.4, -0.2) is 21.8 Å². The fraction of sp³-hybridized carbons (Fsp3) is 0.400. The fourth-order valence-corrected chi connectivity index (χ4v) is 2.04. The highest BCUT2D eigenvalue weighted by Gasteiger charge is 2.08. The quantitative estimate of drug-likeness (QED) is 0.868. The summed E-state index contributed by atoms with van der Waals surface area (Å²) in [5.41, 5.74) is 1.90. The first-order chi connectivity index (χ1) is 9.22. The summed E-state index contributed by atoms with van der Waals surface area (Å²) in [7, 11) is 1.61. The second-order valence-corrected chi connectivity index (χ2v) is 4.59. The number of aliphatic hydroxyl groups is 1. The van der Waals surface area contributed by atoms with Crippen LogP contribution >= 0.6 is 0 Å². The number of methoxy groups -OCH3 is 1. The minimum absolute atomic E-state index is 0.371. The lowest BCUT2D eigenvalue weighted by molar-refractivity contribution is 0.166. The highest BCUT2D eigenvalue weighted by molar-refractivity contribution is 5.18. The Balaban J connectivity index is 2.06. The summed E-state index contributed by atoms with van der Waals surface area (Å²) in [6.07, 6.45) is 5.34. The largest absolute Gasteiger partial charge is 0.481 e. The van der Waals surface area contributed by atoms with E-state index in [9.17, 15) is 5.11 Å². The third kappa shape index (κ3) is 3.58. The molecule has 0 fully saturated rings. The van der Waals surface area contributed by atoms with Gasteiger partial charge in [-0.2, -0.15) is 0 Å². The van der Waals surface area contributed by atoms with E-state index in [0.717, 1.165) is 24.1 Å². The molecule has 0 radical (unpaired) electrons. The van der Waals surface area contributed by atoms with Gasteiger partial charge in [-0.25, -0.2) is 4.98 Å². The van der Waals surface area contributed by atoms with Crippen LogP contribution in [0.4, 0.5) is 0 Å². The fourth-order valence-electron chi connectivity index (χ4n) is 2.04. The highest BCUT2D eigenvalue weighted by Crippen LogP contribution is 2.19. The van der Waals surface area contributed by atoms with Crippen LogP contribution in [0.15, 0.2) is 36.7 Å². The predicted molar refractivity (Wildman–Crippen MR) is 74.2 cm³/mol. The Morgan fingerprint density at radius 2 is 2.21 bits per heavy atom. The zero-order valence-electron chi connectivity index (χ0n) is 11.4. The Morgan fingerprint density at radius 1 is 1.37 bits per heavy atom. The average molecular weight is 260 g/mol. The van der Waals surface area contributed by atoms with Gasteiger partial charge < -0.3 is 14.4 Å². The van der Waals surface area contributed by atoms with Crippen molar-refractivity contribution in [1.82, 2.24) is 9.55 Å². The number of aromatic nitrogens is 2. The molecule has 4 heteroatoms. The molecule has 0 aromatic carbocycles. The number of ether oxygens (including phenoxy) is 1. The molecule has 1 unspecified atom stereocenters. The van der Waals surface area contributed by atoms with E-state index >= 15 is 0 Å². The van der Waals surface area contributed by atoms with Gasteiger partial charge in [-0.3, -0.25) is 0 Å². The first kappa shape index (κ1) is 13.6. The first-order valence-corrected chi connectivity index (χ1v) is 6.56. The van der Waals surface area contributed by atoms with Crippen molar-refractivity contribution in [1.29, 1.82) is 0 Å². The van der Waals surface area contributed by atoms with Gasteiger partial charge >= 0.3 is 0 Å². The van der Waals surface area contributed by atoms with Crippen molar-refractivity contribution in [3.63, 3.8) is 0 Å². The van der Waals surface area contributed by atoms with Gasteiger partial charge in [-0.15, -0.1) is 0 Å². The van der Waals surface area contributed by atoms with Crippen molar-refractivity contribution in [3.05, 3.63) is 47.9 Å². The van der Waals surface area contributed by atoms with Gasteiger partial charge in [-0.05, 0) is 24.1 Å². The van der Waals surface area contributed by atoms with Crippen LogP contribution in [0.3, 0.4) is 0 Å². The maximum Gasteiger partial charge on any atom is 0.213 e. The van der Waals surface area contributed by atoms with Crippen molar-refractivity contribution in [2.24, 2.45) is 0 Å². The summed E-state index contributed by atoms with van der Waals surface area (Å²) < 4.78 is 7.13. The molecule has 2 aromatic rings. The van der Waals surface area contributed by atoms with E-state index in [0.29, 0.717) is 12.4 Å². The Hall–Kier alpha value is -1.81. The van der Waals surface area contributed by atoms with Crippen LogP contribution in [-0.2, 0) is 6.54 Å². The predicted octanol–water partition coefficient (Wildman–Crippen LogP) is 2.77. The van der Waals surface area contributed by atoms with Crippen LogP contribution in [0.25, 0.3) is 0 Å². The molecule has 2 heterocycles. The number of nitrogens with zero attached hydrogens (tertiary/aromatic N) is 2. The van der Waals surface area contributed by atoms with E-state index in [1.165, 1.54) is 0 Å². The smallest absolute Gasteiger partial charge is 0.213 e. The number of rotatable bonds is 6. The third-order valence-corrected chi connectivity index (χ3v) is 3.06. The molecule has 1 N–H and O–H groups in total. The van der Waals surface area contributed by atoms with Crippen molar-refractivity contribution in [2.75, 3.05) is 7.11 Å². The number of pyridine rings is 1. The van der Waals surface area contributed by atoms with E-state index in [2.05, 4.69) is 11.9 Å². The van der Waals surface area contributed by atoms with E-state index < -0.39 is 0 Å². The molecule has 0 aliphatic rings. The average Bonchev–Trinajstić information content (AvgIpc) is 2.88. The normalized spacial score (nSPS) is 12.4. The van der Waals surface area contributed by atoms with Crippen molar-refractivity contribution in [3.8, 4) is 5.88 Å². The number of hydrogen-bond donors (Lipinski definition) is 1. The van der Waals surface area contributed by atoms with Crippen LogP contribution < -0.4 is 4.74 Å². The Kier molecular flexibility index (Phi) is 4.58. The summed E-state index contributed by atoms with van der Waals surface area (Å²) in [5.74, 6) is 0.621. The molecule has 1 atom stereocenters. The summed E-state index contributed by atoms with van der Waals surface area (Å²) in [4.78, 5) is 4.37. The monoisotopic (exact) mass is 260 g/mol. The van der Waals surface area contributed by atoms with E-state index in [1.807, 2.05) is 41.2 Å². The molecule has 0 saturated carbocycles. The van der Waals surface area contributed by atoms with Gasteiger partial charge in [0.15, 0.2) is 0 Å². The SMILES string of the molecule is CCCC(O)c1ccn(Cc2cccc(OC)n2)c1. The summed E-state index contributed by atoms with van der Waals surface area (Å²) in [6.45, 7) is 2.75. The van der Waals surface area contributed by atoms with E-state index in [4.69, 9.17) is 4.74 Å². The van der Waals surface area contributed by atoms with Gasteiger partial charge in [0.1, 0.15) is 0 Å². The van der Waals surface area contributed by atoms with Crippen molar-refractivity contribution in [2.45, 2.75) is 32.4 Å². The lowest BCUT2D eigenvalue weighted by Crippen LogP contribution is -2.01. The molecular formula is C15H20N2O2. The molecule has 0 bridgehead atoms. The molecule has 102 valence electrons. The molecule has 2 aromatic heterocycles. The summed E-state index contributed by atoms with van der Waals surface area (Å²) in [6, 6.07) is 7.68. The van der Waals surface area contributed by atoms with Crippen LogP contribution in [0.2, 0.25) is 0 Å². The first-order valence-electron chi connectivity index (χ1n) is 6.56. The number of aliphatic hydroxyl groups excluding tert-OH is 1. The summed E-state index contributed by atoms with van der Waals surface area (Å²) >= 11 is 0. The van der Waals surface area contributed by atoms with Gasteiger partial charge in [-0.1, -0.05) is 19.4 Å². The minimum atomic E-state index is -0.371. The Bertz CT molecular complexity index is 522. The topological polar surface area (TPSA) is 47.3 Å². The molecule has 0 amide bonds. The van der Waals surface area contributed by atoms with E-state index in [1.54, 1.807) is 7.11 Å². The highest BCUT2D eigenvalue weighted by atomic mass is 16.5. The molecular weight excluding hydrogens is 240 g/mol. The Morgan fingerprint density at radius 3 is 2.95 bits per heavy atom. The van der Waals surface area contributed by atoms with E-state index in [-0.39, 0.29) is 6.10 Å². The molecule has 4 nitrogen and oxygen atoms in total. The van der Waals surface area contributed by atoms with Crippen LogP contribution in [0.1, 0.15) is 37.1 Å². The molecule has 19 heavy (non-hydrogen) atoms. The lowest BCUT2D eigenvalue weighted by atomic mass is 10.1. The van der Waals surface area contributed by atoms with Crippen LogP contribution in [0, 0.1) is 0 Å². The maximum absolute atomic E-state index is 9.93. The standard InChI is InChI=1S/C15H20N2O2/c1-3-5-14(18)12-8-9-17(10-12)11-13-6-4-7-15(16-13)19-2/h4,6-10,14,18H,3,5,11H2,1-2H3. The lowest BCUT2D eigenvalue weighted by Gasteiger charge is -2.07. The minimum Gasteiger partial charge on any atom is -0.481 e. The second-order valence-electron chi connectivity index (χ2n) is 4.59. The van der Waals surface area contributed by atoms with Gasteiger partial charge in [0, 0.05) is 18.5 Å². The number of hydrogen-bond acceptors (Lipinski definition) is 3. The zero-order valence-corrected chi connectivity index (χ0v) is 11.4. The third-order valence-electron chi connectivity index (χ3n) is 3.06. The molecule has 0 spiro atoms. The molecule has 0 aliphatic heterocycles. The maximum atomic E-state index is 9.93. The molecule has 0 aliphatic carbocycles. The molecule has 0 saturated heterocycles. The van der Waals surface area contributed by atoms with Gasteiger partial charge in [0.25, 0.3) is 0 Å². The van der Waals surface area contributed by atoms with Crippen molar-refractivity contribution >= 4 is 0 Å². The second kappa shape index (κ2) is 6.38. The van der Waals surface area contributed by atoms with Crippen LogP contribution in [0.5, 0.6) is 5.88 Å². The zero-order chi connectivity index (χ0) is 13.7. The molecule has 2 rings (SSSR count). The van der Waals surface area contributed by atoms with Crippen molar-refractivity contribution < 1.29 is 9.84 Å². The van der Waals surface area contributed by atoms with Gasteiger partial charge in [0.05, 0.1) is 25.5 Å². The Labute approximate surface area is 113 Å².